The molecule has 116 valence electrons. The number of amides is 2. The van der Waals surface area contributed by atoms with E-state index in [-0.39, 0.29) is 30.1 Å². The summed E-state index contributed by atoms with van der Waals surface area (Å²) in [6.45, 7) is 2.60. The number of carbonyl (C=O) groups is 2. The average Bonchev–Trinajstić information content (AvgIpc) is 2.53. The SMILES string of the molecule is Cl.O=C(NCCNC(=O)C1CCCNC1)c1cccnc1. The van der Waals surface area contributed by atoms with Crippen molar-refractivity contribution in [1.29, 1.82) is 0 Å². The fourth-order valence-corrected chi connectivity index (χ4v) is 2.18. The second-order valence-corrected chi connectivity index (χ2v) is 4.83. The molecule has 2 heterocycles. The Balaban J connectivity index is 0.00000220. The molecule has 2 amide bonds. The van der Waals surface area contributed by atoms with E-state index in [4.69, 9.17) is 0 Å². The maximum Gasteiger partial charge on any atom is 0.252 e. The molecule has 6 nitrogen and oxygen atoms in total. The second-order valence-electron chi connectivity index (χ2n) is 4.83. The highest BCUT2D eigenvalue weighted by Crippen LogP contribution is 2.09. The minimum absolute atomic E-state index is 0. The largest absolute Gasteiger partial charge is 0.354 e. The van der Waals surface area contributed by atoms with E-state index in [9.17, 15) is 9.59 Å². The zero-order valence-electron chi connectivity index (χ0n) is 11.8. The standard InChI is InChI=1S/C14H20N4O2.ClH/c19-13(11-3-1-5-15-9-11)17-7-8-18-14(20)12-4-2-6-16-10-12;/h1,3,5,9,12,16H,2,4,6-8,10H2,(H,17,19)(H,18,20);1H. The molecule has 1 unspecified atom stereocenters. The van der Waals surface area contributed by atoms with Crippen molar-refractivity contribution in [2.45, 2.75) is 12.8 Å². The molecule has 7 heteroatoms. The maximum atomic E-state index is 11.8. The number of pyridine rings is 1. The van der Waals surface area contributed by atoms with Crippen LogP contribution in [0.3, 0.4) is 0 Å². The van der Waals surface area contributed by atoms with Gasteiger partial charge in [0.1, 0.15) is 0 Å². The summed E-state index contributed by atoms with van der Waals surface area (Å²) in [5.74, 6) is -0.0581. The van der Waals surface area contributed by atoms with Crippen LogP contribution in [-0.4, -0.2) is 43.0 Å². The maximum absolute atomic E-state index is 11.8. The number of hydrogen-bond acceptors (Lipinski definition) is 4. The Bertz CT molecular complexity index is 450. The Labute approximate surface area is 130 Å². The predicted octanol–water partition coefficient (Wildman–Crippen LogP) is 0.349. The molecule has 1 fully saturated rings. The van der Waals surface area contributed by atoms with Gasteiger partial charge in [0.25, 0.3) is 5.91 Å². The average molecular weight is 313 g/mol. The van der Waals surface area contributed by atoms with E-state index in [0.717, 1.165) is 25.9 Å². The zero-order valence-corrected chi connectivity index (χ0v) is 12.6. The lowest BCUT2D eigenvalue weighted by molar-refractivity contribution is -0.125. The summed E-state index contributed by atoms with van der Waals surface area (Å²) in [4.78, 5) is 27.4. The van der Waals surface area contributed by atoms with Crippen molar-refractivity contribution >= 4 is 24.2 Å². The summed E-state index contributed by atoms with van der Waals surface area (Å²) < 4.78 is 0. The van der Waals surface area contributed by atoms with Gasteiger partial charge in [-0.2, -0.15) is 0 Å². The third-order valence-electron chi connectivity index (χ3n) is 3.30. The zero-order chi connectivity index (χ0) is 14.2. The van der Waals surface area contributed by atoms with Gasteiger partial charge in [0, 0.05) is 32.0 Å². The van der Waals surface area contributed by atoms with Crippen LogP contribution in [0.1, 0.15) is 23.2 Å². The van der Waals surface area contributed by atoms with Crippen molar-refractivity contribution in [2.75, 3.05) is 26.2 Å². The van der Waals surface area contributed by atoms with E-state index in [1.165, 1.54) is 6.20 Å². The van der Waals surface area contributed by atoms with E-state index in [1.54, 1.807) is 18.3 Å². The van der Waals surface area contributed by atoms with Crippen molar-refractivity contribution < 1.29 is 9.59 Å². The molecule has 1 saturated heterocycles. The first-order valence-corrected chi connectivity index (χ1v) is 6.94. The van der Waals surface area contributed by atoms with Gasteiger partial charge in [-0.3, -0.25) is 14.6 Å². The first-order chi connectivity index (χ1) is 9.77. The van der Waals surface area contributed by atoms with E-state index >= 15 is 0 Å². The highest BCUT2D eigenvalue weighted by Gasteiger charge is 2.20. The van der Waals surface area contributed by atoms with E-state index in [1.807, 2.05) is 0 Å². The number of carbonyl (C=O) groups excluding carboxylic acids is 2. The molecule has 1 aliphatic rings. The minimum atomic E-state index is -0.174. The predicted molar refractivity (Wildman–Crippen MR) is 82.4 cm³/mol. The Hall–Kier alpha value is -1.66. The molecular weight excluding hydrogens is 292 g/mol. The van der Waals surface area contributed by atoms with Crippen molar-refractivity contribution in [3.05, 3.63) is 30.1 Å². The van der Waals surface area contributed by atoms with Gasteiger partial charge in [-0.25, -0.2) is 0 Å². The van der Waals surface area contributed by atoms with E-state index < -0.39 is 0 Å². The summed E-state index contributed by atoms with van der Waals surface area (Å²) in [5.41, 5.74) is 0.523. The molecule has 0 saturated carbocycles. The summed E-state index contributed by atoms with van der Waals surface area (Å²) >= 11 is 0. The molecule has 1 aromatic heterocycles. The van der Waals surface area contributed by atoms with Gasteiger partial charge in [-0.1, -0.05) is 0 Å². The molecular formula is C14H21ClN4O2. The van der Waals surface area contributed by atoms with Gasteiger partial charge >= 0.3 is 0 Å². The van der Waals surface area contributed by atoms with Crippen LogP contribution in [-0.2, 0) is 4.79 Å². The molecule has 3 N–H and O–H groups in total. The van der Waals surface area contributed by atoms with E-state index in [0.29, 0.717) is 18.7 Å². The molecule has 2 rings (SSSR count). The fourth-order valence-electron chi connectivity index (χ4n) is 2.18. The van der Waals surface area contributed by atoms with Crippen molar-refractivity contribution in [3.63, 3.8) is 0 Å². The first kappa shape index (κ1) is 17.4. The molecule has 0 bridgehead atoms. The number of hydrogen-bond donors (Lipinski definition) is 3. The van der Waals surface area contributed by atoms with E-state index in [2.05, 4.69) is 20.9 Å². The van der Waals surface area contributed by atoms with Gasteiger partial charge < -0.3 is 16.0 Å². The lowest BCUT2D eigenvalue weighted by Gasteiger charge is -2.21. The fraction of sp³-hybridized carbons (Fsp3) is 0.500. The molecule has 0 spiro atoms. The number of piperidine rings is 1. The summed E-state index contributed by atoms with van der Waals surface area (Å²) in [6, 6.07) is 3.42. The lowest BCUT2D eigenvalue weighted by atomic mass is 9.99. The topological polar surface area (TPSA) is 83.1 Å². The van der Waals surface area contributed by atoms with Gasteiger partial charge in [-0.15, -0.1) is 12.4 Å². The van der Waals surface area contributed by atoms with Crippen molar-refractivity contribution in [2.24, 2.45) is 5.92 Å². The molecule has 1 atom stereocenters. The monoisotopic (exact) mass is 312 g/mol. The smallest absolute Gasteiger partial charge is 0.252 e. The molecule has 1 aliphatic heterocycles. The Kier molecular flexibility index (Phi) is 7.71. The summed E-state index contributed by atoms with van der Waals surface area (Å²) in [6.07, 6.45) is 5.10. The third kappa shape index (κ3) is 5.69. The quantitative estimate of drug-likeness (QED) is 0.685. The van der Waals surface area contributed by atoms with Crippen LogP contribution < -0.4 is 16.0 Å². The summed E-state index contributed by atoms with van der Waals surface area (Å²) in [7, 11) is 0. The van der Waals surface area contributed by atoms with Crippen LogP contribution in [0.5, 0.6) is 0 Å². The number of nitrogens with one attached hydrogen (secondary N) is 3. The lowest BCUT2D eigenvalue weighted by Crippen LogP contribution is -2.42. The van der Waals surface area contributed by atoms with Gasteiger partial charge in [0.05, 0.1) is 11.5 Å². The molecule has 0 radical (unpaired) electrons. The Morgan fingerprint density at radius 1 is 1.33 bits per heavy atom. The third-order valence-corrected chi connectivity index (χ3v) is 3.30. The number of aromatic nitrogens is 1. The molecule has 21 heavy (non-hydrogen) atoms. The van der Waals surface area contributed by atoms with Gasteiger partial charge in [-0.05, 0) is 31.5 Å². The number of rotatable bonds is 5. The van der Waals surface area contributed by atoms with Crippen LogP contribution in [0.15, 0.2) is 24.5 Å². The van der Waals surface area contributed by atoms with Gasteiger partial charge in [0.2, 0.25) is 5.91 Å². The Morgan fingerprint density at radius 2 is 2.14 bits per heavy atom. The molecule has 0 aromatic carbocycles. The number of halogens is 1. The van der Waals surface area contributed by atoms with Crippen LogP contribution in [0.4, 0.5) is 0 Å². The van der Waals surface area contributed by atoms with Crippen LogP contribution in [0, 0.1) is 5.92 Å². The van der Waals surface area contributed by atoms with Crippen LogP contribution in [0.2, 0.25) is 0 Å². The Morgan fingerprint density at radius 3 is 2.81 bits per heavy atom. The summed E-state index contributed by atoms with van der Waals surface area (Å²) in [5, 5.41) is 8.81. The first-order valence-electron chi connectivity index (χ1n) is 6.94. The van der Waals surface area contributed by atoms with Crippen molar-refractivity contribution in [1.82, 2.24) is 20.9 Å². The highest BCUT2D eigenvalue weighted by atomic mass is 35.5. The normalized spacial score (nSPS) is 17.4. The highest BCUT2D eigenvalue weighted by molar-refractivity contribution is 5.93. The van der Waals surface area contributed by atoms with Crippen LogP contribution in [0.25, 0.3) is 0 Å². The molecule has 0 aliphatic carbocycles. The number of nitrogens with zero attached hydrogens (tertiary/aromatic N) is 1. The molecule has 1 aromatic rings. The second kappa shape index (κ2) is 9.31. The minimum Gasteiger partial charge on any atom is -0.354 e. The van der Waals surface area contributed by atoms with Gasteiger partial charge in [0.15, 0.2) is 0 Å². The van der Waals surface area contributed by atoms with Crippen molar-refractivity contribution in [3.8, 4) is 0 Å². The van der Waals surface area contributed by atoms with Crippen LogP contribution >= 0.6 is 12.4 Å².